The van der Waals surface area contributed by atoms with Gasteiger partial charge in [0.2, 0.25) is 0 Å². The lowest BCUT2D eigenvalue weighted by molar-refractivity contribution is 0.314. The van der Waals surface area contributed by atoms with E-state index in [9.17, 15) is 0 Å². The first-order valence-electron chi connectivity index (χ1n) is 4.00. The minimum Gasteiger partial charge on any atom is -0.473 e. The first-order valence-corrected chi connectivity index (χ1v) is 4.82. The van der Waals surface area contributed by atoms with E-state index < -0.39 is 0 Å². The van der Waals surface area contributed by atoms with Gasteiger partial charge < -0.3 is 9.64 Å². The van der Waals surface area contributed by atoms with Crippen LogP contribution in [0.1, 0.15) is 10.6 Å². The molecule has 0 bridgehead atoms. The summed E-state index contributed by atoms with van der Waals surface area (Å²) in [5.41, 5.74) is 1.23. The molecule has 2 heterocycles. The number of ether oxygens (including phenoxy) is 1. The molecule has 0 aromatic carbocycles. The Bertz CT molecular complexity index is 285. The van der Waals surface area contributed by atoms with Crippen LogP contribution in [-0.4, -0.2) is 30.6 Å². The summed E-state index contributed by atoms with van der Waals surface area (Å²) in [6.07, 6.45) is 1.06. The standard InChI is InChI=1S/C8H12N2OS/c1-10-4-3-6-7(5-10)12-8(9-6)11-2/h3-5H2,1-2H3. The molecule has 1 aromatic heterocycles. The summed E-state index contributed by atoms with van der Waals surface area (Å²) in [5.74, 6) is 0. The molecule has 2 rings (SSSR count). The fourth-order valence-corrected chi connectivity index (χ4v) is 2.39. The summed E-state index contributed by atoms with van der Waals surface area (Å²) >= 11 is 1.66. The largest absolute Gasteiger partial charge is 0.473 e. The highest BCUT2D eigenvalue weighted by Gasteiger charge is 2.18. The maximum Gasteiger partial charge on any atom is 0.273 e. The van der Waals surface area contributed by atoms with E-state index in [0.717, 1.165) is 24.7 Å². The van der Waals surface area contributed by atoms with Gasteiger partial charge in [-0.05, 0) is 7.05 Å². The molecule has 12 heavy (non-hydrogen) atoms. The summed E-state index contributed by atoms with van der Waals surface area (Å²) in [7, 11) is 3.81. The Morgan fingerprint density at radius 3 is 3.17 bits per heavy atom. The molecule has 0 aliphatic carbocycles. The van der Waals surface area contributed by atoms with Crippen LogP contribution in [-0.2, 0) is 13.0 Å². The van der Waals surface area contributed by atoms with Crippen LogP contribution in [0.2, 0.25) is 0 Å². The Kier molecular flexibility index (Phi) is 2.02. The highest BCUT2D eigenvalue weighted by molar-refractivity contribution is 7.13. The second-order valence-electron chi connectivity index (χ2n) is 3.04. The molecule has 0 radical (unpaired) electrons. The van der Waals surface area contributed by atoms with Crippen molar-refractivity contribution in [1.82, 2.24) is 9.88 Å². The number of aromatic nitrogens is 1. The minimum atomic E-state index is 0.801. The molecular formula is C8H12N2OS. The average Bonchev–Trinajstić information content (AvgIpc) is 2.46. The monoisotopic (exact) mass is 184 g/mol. The molecule has 0 spiro atoms. The Hall–Kier alpha value is -0.610. The summed E-state index contributed by atoms with van der Waals surface area (Å²) in [5, 5.41) is 0.801. The van der Waals surface area contributed by atoms with E-state index in [-0.39, 0.29) is 0 Å². The molecule has 0 saturated heterocycles. The van der Waals surface area contributed by atoms with Crippen LogP contribution >= 0.6 is 11.3 Å². The van der Waals surface area contributed by atoms with Crippen LogP contribution in [0.4, 0.5) is 0 Å². The van der Waals surface area contributed by atoms with E-state index in [1.165, 1.54) is 10.6 Å². The molecule has 0 unspecified atom stereocenters. The van der Waals surface area contributed by atoms with Crippen molar-refractivity contribution in [2.24, 2.45) is 0 Å². The number of hydrogen-bond acceptors (Lipinski definition) is 4. The van der Waals surface area contributed by atoms with Crippen LogP contribution in [0, 0.1) is 0 Å². The van der Waals surface area contributed by atoms with Crippen molar-refractivity contribution in [2.75, 3.05) is 20.7 Å². The summed E-state index contributed by atoms with van der Waals surface area (Å²) in [4.78, 5) is 8.04. The van der Waals surface area contributed by atoms with Gasteiger partial charge in [0.1, 0.15) is 0 Å². The predicted octanol–water partition coefficient (Wildman–Crippen LogP) is 1.14. The molecule has 4 heteroatoms. The third-order valence-electron chi connectivity index (χ3n) is 2.08. The molecule has 66 valence electrons. The molecule has 3 nitrogen and oxygen atoms in total. The van der Waals surface area contributed by atoms with E-state index in [4.69, 9.17) is 4.74 Å². The van der Waals surface area contributed by atoms with E-state index in [1.54, 1.807) is 18.4 Å². The second-order valence-corrected chi connectivity index (χ2v) is 4.09. The SMILES string of the molecule is COc1nc2c(s1)CN(C)CC2. The van der Waals surface area contributed by atoms with Crippen molar-refractivity contribution in [1.29, 1.82) is 0 Å². The van der Waals surface area contributed by atoms with Crippen LogP contribution in [0.25, 0.3) is 0 Å². The van der Waals surface area contributed by atoms with Crippen LogP contribution in [0.15, 0.2) is 0 Å². The van der Waals surface area contributed by atoms with Gasteiger partial charge >= 0.3 is 0 Å². The lowest BCUT2D eigenvalue weighted by Gasteiger charge is -2.20. The highest BCUT2D eigenvalue weighted by atomic mass is 32.1. The lowest BCUT2D eigenvalue weighted by Crippen LogP contribution is -2.25. The van der Waals surface area contributed by atoms with E-state index >= 15 is 0 Å². The molecule has 0 atom stereocenters. The van der Waals surface area contributed by atoms with Crippen molar-refractivity contribution < 1.29 is 4.74 Å². The third-order valence-corrected chi connectivity index (χ3v) is 3.12. The van der Waals surface area contributed by atoms with E-state index in [0.29, 0.717) is 0 Å². The normalized spacial score (nSPS) is 17.5. The molecule has 0 N–H and O–H groups in total. The first-order chi connectivity index (χ1) is 5.79. The van der Waals surface area contributed by atoms with E-state index in [1.807, 2.05) is 0 Å². The fourth-order valence-electron chi connectivity index (χ4n) is 1.39. The number of fused-ring (bicyclic) bond motifs is 1. The topological polar surface area (TPSA) is 25.4 Å². The number of methoxy groups -OCH3 is 1. The predicted molar refractivity (Wildman–Crippen MR) is 48.7 cm³/mol. The summed E-state index contributed by atoms with van der Waals surface area (Å²) in [6.45, 7) is 2.14. The van der Waals surface area contributed by atoms with Gasteiger partial charge in [-0.3, -0.25) is 0 Å². The molecule has 1 aromatic rings. The zero-order valence-corrected chi connectivity index (χ0v) is 8.15. The van der Waals surface area contributed by atoms with Gasteiger partial charge in [0.15, 0.2) is 0 Å². The van der Waals surface area contributed by atoms with Gasteiger partial charge in [-0.15, -0.1) is 0 Å². The summed E-state index contributed by atoms with van der Waals surface area (Å²) in [6, 6.07) is 0. The highest BCUT2D eigenvalue weighted by Crippen LogP contribution is 2.28. The van der Waals surface area contributed by atoms with E-state index in [2.05, 4.69) is 16.9 Å². The molecular weight excluding hydrogens is 172 g/mol. The van der Waals surface area contributed by atoms with Gasteiger partial charge in [0.05, 0.1) is 12.8 Å². The Balaban J connectivity index is 2.28. The van der Waals surface area contributed by atoms with Crippen molar-refractivity contribution >= 4 is 11.3 Å². The van der Waals surface area contributed by atoms with Crippen molar-refractivity contribution in [3.8, 4) is 5.19 Å². The number of nitrogens with zero attached hydrogens (tertiary/aromatic N) is 2. The van der Waals surface area contributed by atoms with Crippen LogP contribution in [0.5, 0.6) is 5.19 Å². The van der Waals surface area contributed by atoms with Gasteiger partial charge in [-0.25, -0.2) is 4.98 Å². The lowest BCUT2D eigenvalue weighted by atomic mass is 10.2. The number of thiazole rings is 1. The zero-order chi connectivity index (χ0) is 8.55. The molecule has 0 amide bonds. The Morgan fingerprint density at radius 1 is 1.58 bits per heavy atom. The second kappa shape index (κ2) is 3.03. The third kappa shape index (κ3) is 1.32. The fraction of sp³-hybridized carbons (Fsp3) is 0.625. The quantitative estimate of drug-likeness (QED) is 0.654. The van der Waals surface area contributed by atoms with Crippen molar-refractivity contribution in [2.45, 2.75) is 13.0 Å². The van der Waals surface area contributed by atoms with Crippen molar-refractivity contribution in [3.63, 3.8) is 0 Å². The Morgan fingerprint density at radius 2 is 2.42 bits per heavy atom. The maximum atomic E-state index is 5.09. The molecule has 0 fully saturated rings. The van der Waals surface area contributed by atoms with Crippen LogP contribution in [0.3, 0.4) is 0 Å². The number of hydrogen-bond donors (Lipinski definition) is 0. The molecule has 1 aliphatic heterocycles. The van der Waals surface area contributed by atoms with Crippen LogP contribution < -0.4 is 4.74 Å². The molecule has 0 saturated carbocycles. The summed E-state index contributed by atoms with van der Waals surface area (Å²) < 4.78 is 5.09. The number of likely N-dealkylation sites (N-methyl/N-ethyl adjacent to an activating group) is 1. The van der Waals surface area contributed by atoms with Crippen molar-refractivity contribution in [3.05, 3.63) is 10.6 Å². The zero-order valence-electron chi connectivity index (χ0n) is 7.33. The first kappa shape index (κ1) is 8.01. The van der Waals surface area contributed by atoms with Gasteiger partial charge in [-0.2, -0.15) is 0 Å². The van der Waals surface area contributed by atoms with Gasteiger partial charge in [-0.1, -0.05) is 11.3 Å². The van der Waals surface area contributed by atoms with Gasteiger partial charge in [0, 0.05) is 24.4 Å². The smallest absolute Gasteiger partial charge is 0.273 e. The number of rotatable bonds is 1. The van der Waals surface area contributed by atoms with Gasteiger partial charge in [0.25, 0.3) is 5.19 Å². The average molecular weight is 184 g/mol. The molecule has 1 aliphatic rings. The maximum absolute atomic E-state index is 5.09. The minimum absolute atomic E-state index is 0.801. The Labute approximate surface area is 76.0 Å².